The standard InChI is InChI=1S/C13H24N2O6/c1-7(2)5-15(6-9(16)11(17)18)13(21)14-10(8(3)4)12(19)20/h7-10,16H,5-6H2,1-4H3,(H,14,21)(H,17,18)(H,19,20)/t9?,10-/m0/s1. The summed E-state index contributed by atoms with van der Waals surface area (Å²) in [7, 11) is 0. The largest absolute Gasteiger partial charge is 0.480 e. The number of carboxylic acids is 2. The number of aliphatic hydroxyl groups excluding tert-OH is 1. The van der Waals surface area contributed by atoms with Gasteiger partial charge < -0.3 is 25.5 Å². The number of hydrogen-bond acceptors (Lipinski definition) is 4. The second-order valence-corrected chi connectivity index (χ2v) is 5.66. The zero-order valence-corrected chi connectivity index (χ0v) is 12.7. The van der Waals surface area contributed by atoms with E-state index in [1.807, 2.05) is 13.8 Å². The lowest BCUT2D eigenvalue weighted by Crippen LogP contribution is -2.53. The topological polar surface area (TPSA) is 127 Å². The van der Waals surface area contributed by atoms with Gasteiger partial charge in [0, 0.05) is 6.54 Å². The van der Waals surface area contributed by atoms with Gasteiger partial charge in [0.05, 0.1) is 6.54 Å². The first-order chi connectivity index (χ1) is 9.56. The van der Waals surface area contributed by atoms with Gasteiger partial charge in [-0.2, -0.15) is 0 Å². The molecule has 0 bridgehead atoms. The number of aliphatic hydroxyl groups is 1. The predicted molar refractivity (Wildman–Crippen MR) is 74.8 cm³/mol. The van der Waals surface area contributed by atoms with E-state index in [-0.39, 0.29) is 18.4 Å². The summed E-state index contributed by atoms with van der Waals surface area (Å²) in [4.78, 5) is 35.0. The van der Waals surface area contributed by atoms with Crippen molar-refractivity contribution in [1.29, 1.82) is 0 Å². The number of amides is 2. The number of carboxylic acid groups (broad SMARTS) is 2. The molecule has 0 saturated heterocycles. The summed E-state index contributed by atoms with van der Waals surface area (Å²) in [5.41, 5.74) is 0. The minimum atomic E-state index is -1.71. The Morgan fingerprint density at radius 1 is 1.00 bits per heavy atom. The summed E-state index contributed by atoms with van der Waals surface area (Å²) < 4.78 is 0. The SMILES string of the molecule is CC(C)CN(CC(O)C(=O)O)C(=O)N[C@H](C(=O)O)C(C)C. The highest BCUT2D eigenvalue weighted by atomic mass is 16.4. The van der Waals surface area contributed by atoms with E-state index in [1.54, 1.807) is 13.8 Å². The van der Waals surface area contributed by atoms with E-state index in [4.69, 9.17) is 10.2 Å². The third-order valence-corrected chi connectivity index (χ3v) is 2.76. The van der Waals surface area contributed by atoms with Crippen LogP contribution in [0.2, 0.25) is 0 Å². The Hall–Kier alpha value is -1.83. The van der Waals surface area contributed by atoms with Crippen molar-refractivity contribution in [3.05, 3.63) is 0 Å². The fourth-order valence-electron chi connectivity index (χ4n) is 1.71. The maximum atomic E-state index is 12.1. The Bertz CT molecular complexity index is 383. The van der Waals surface area contributed by atoms with E-state index in [1.165, 1.54) is 0 Å². The summed E-state index contributed by atoms with van der Waals surface area (Å²) in [6.07, 6.45) is -1.71. The Morgan fingerprint density at radius 3 is 1.86 bits per heavy atom. The van der Waals surface area contributed by atoms with Crippen molar-refractivity contribution in [2.75, 3.05) is 13.1 Å². The number of rotatable bonds is 8. The van der Waals surface area contributed by atoms with Gasteiger partial charge in [-0.25, -0.2) is 14.4 Å². The molecule has 0 radical (unpaired) electrons. The number of nitrogens with one attached hydrogen (secondary N) is 1. The molecule has 0 spiro atoms. The van der Waals surface area contributed by atoms with Crippen LogP contribution in [0.3, 0.4) is 0 Å². The van der Waals surface area contributed by atoms with E-state index in [9.17, 15) is 19.5 Å². The zero-order valence-electron chi connectivity index (χ0n) is 12.7. The van der Waals surface area contributed by atoms with Crippen molar-refractivity contribution >= 4 is 18.0 Å². The van der Waals surface area contributed by atoms with Crippen LogP contribution in [0.25, 0.3) is 0 Å². The summed E-state index contributed by atoms with van der Waals surface area (Å²) in [5.74, 6) is -2.88. The number of urea groups is 1. The molecule has 0 aliphatic rings. The molecule has 122 valence electrons. The molecule has 0 aliphatic carbocycles. The van der Waals surface area contributed by atoms with E-state index >= 15 is 0 Å². The average Bonchev–Trinajstić information content (AvgIpc) is 2.32. The molecular weight excluding hydrogens is 280 g/mol. The second kappa shape index (κ2) is 8.46. The summed E-state index contributed by atoms with van der Waals surface area (Å²) in [5, 5.41) is 29.5. The molecule has 2 atom stereocenters. The molecular formula is C13H24N2O6. The average molecular weight is 304 g/mol. The molecule has 8 heteroatoms. The molecule has 1 unspecified atom stereocenters. The highest BCUT2D eigenvalue weighted by Gasteiger charge is 2.28. The van der Waals surface area contributed by atoms with Crippen LogP contribution < -0.4 is 5.32 Å². The molecule has 21 heavy (non-hydrogen) atoms. The van der Waals surface area contributed by atoms with Gasteiger partial charge >= 0.3 is 18.0 Å². The van der Waals surface area contributed by atoms with Crippen LogP contribution >= 0.6 is 0 Å². The molecule has 4 N–H and O–H groups in total. The smallest absolute Gasteiger partial charge is 0.334 e. The van der Waals surface area contributed by atoms with Crippen molar-refractivity contribution in [1.82, 2.24) is 10.2 Å². The minimum absolute atomic E-state index is 0.0408. The van der Waals surface area contributed by atoms with Gasteiger partial charge in [0.2, 0.25) is 0 Å². The summed E-state index contributed by atoms with van der Waals surface area (Å²) in [6.45, 7) is 6.76. The van der Waals surface area contributed by atoms with Crippen molar-refractivity contribution in [3.63, 3.8) is 0 Å². The molecule has 0 heterocycles. The van der Waals surface area contributed by atoms with Gasteiger partial charge in [0.1, 0.15) is 6.04 Å². The van der Waals surface area contributed by atoms with Gasteiger partial charge in [0.25, 0.3) is 0 Å². The summed E-state index contributed by atoms with van der Waals surface area (Å²) in [6, 6.07) is -1.78. The van der Waals surface area contributed by atoms with Crippen molar-refractivity contribution in [2.24, 2.45) is 11.8 Å². The molecule has 0 rings (SSSR count). The van der Waals surface area contributed by atoms with Crippen molar-refractivity contribution < 1.29 is 29.7 Å². The van der Waals surface area contributed by atoms with Gasteiger partial charge in [-0.1, -0.05) is 27.7 Å². The first kappa shape index (κ1) is 19.2. The van der Waals surface area contributed by atoms with Crippen LogP contribution in [0.1, 0.15) is 27.7 Å². The predicted octanol–water partition coefficient (Wildman–Crippen LogP) is 0.209. The maximum absolute atomic E-state index is 12.1. The van der Waals surface area contributed by atoms with E-state index in [0.29, 0.717) is 0 Å². The Balaban J connectivity index is 4.93. The van der Waals surface area contributed by atoms with E-state index in [2.05, 4.69) is 5.32 Å². The van der Waals surface area contributed by atoms with E-state index in [0.717, 1.165) is 4.90 Å². The molecule has 0 aromatic carbocycles. The van der Waals surface area contributed by atoms with Gasteiger partial charge in [0.15, 0.2) is 6.10 Å². The third kappa shape index (κ3) is 6.94. The number of nitrogens with zero attached hydrogens (tertiary/aromatic N) is 1. The maximum Gasteiger partial charge on any atom is 0.334 e. The van der Waals surface area contributed by atoms with Gasteiger partial charge in [-0.15, -0.1) is 0 Å². The lowest BCUT2D eigenvalue weighted by Gasteiger charge is -2.28. The fourth-order valence-corrected chi connectivity index (χ4v) is 1.71. The molecule has 8 nitrogen and oxygen atoms in total. The highest BCUT2D eigenvalue weighted by molar-refractivity contribution is 5.83. The van der Waals surface area contributed by atoms with Crippen molar-refractivity contribution in [2.45, 2.75) is 39.8 Å². The Labute approximate surface area is 123 Å². The van der Waals surface area contributed by atoms with Crippen LogP contribution in [0.4, 0.5) is 4.79 Å². The van der Waals surface area contributed by atoms with Crippen LogP contribution in [0.5, 0.6) is 0 Å². The fraction of sp³-hybridized carbons (Fsp3) is 0.769. The molecule has 0 saturated carbocycles. The second-order valence-electron chi connectivity index (χ2n) is 5.66. The van der Waals surface area contributed by atoms with Crippen molar-refractivity contribution in [3.8, 4) is 0 Å². The quantitative estimate of drug-likeness (QED) is 0.507. The zero-order chi connectivity index (χ0) is 16.7. The lowest BCUT2D eigenvalue weighted by molar-refractivity contribution is -0.147. The normalized spacial score (nSPS) is 13.9. The van der Waals surface area contributed by atoms with Crippen LogP contribution in [0.15, 0.2) is 0 Å². The van der Waals surface area contributed by atoms with Crippen LogP contribution in [-0.4, -0.2) is 63.4 Å². The van der Waals surface area contributed by atoms with Gasteiger partial charge in [-0.05, 0) is 11.8 Å². The van der Waals surface area contributed by atoms with E-state index < -0.39 is 36.7 Å². The number of carbonyl (C=O) groups excluding carboxylic acids is 1. The Morgan fingerprint density at radius 2 is 1.52 bits per heavy atom. The molecule has 0 aromatic rings. The van der Waals surface area contributed by atoms with Crippen LogP contribution in [-0.2, 0) is 9.59 Å². The third-order valence-electron chi connectivity index (χ3n) is 2.76. The van der Waals surface area contributed by atoms with Crippen LogP contribution in [0, 0.1) is 11.8 Å². The lowest BCUT2D eigenvalue weighted by atomic mass is 10.1. The number of aliphatic carboxylic acids is 2. The first-order valence-electron chi connectivity index (χ1n) is 6.75. The number of hydrogen-bond donors (Lipinski definition) is 4. The highest BCUT2D eigenvalue weighted by Crippen LogP contribution is 2.06. The minimum Gasteiger partial charge on any atom is -0.480 e. The Kier molecular flexibility index (Phi) is 7.72. The molecule has 2 amide bonds. The monoisotopic (exact) mass is 304 g/mol. The first-order valence-corrected chi connectivity index (χ1v) is 6.75. The number of carbonyl (C=O) groups is 3. The van der Waals surface area contributed by atoms with Gasteiger partial charge in [-0.3, -0.25) is 0 Å². The molecule has 0 aliphatic heterocycles. The summed E-state index contributed by atoms with van der Waals surface area (Å²) >= 11 is 0. The molecule has 0 aromatic heterocycles. The molecule has 0 fully saturated rings.